The molecular formula is C4HCl2N2. The predicted molar refractivity (Wildman–Crippen MR) is 30.9 cm³/mol. The van der Waals surface area contributed by atoms with Crippen LogP contribution in [0.25, 0.3) is 0 Å². The molecule has 1 radical (unpaired) electrons. The molecule has 0 aliphatic carbocycles. The Labute approximate surface area is 56.4 Å². The Kier molecular flexibility index (Phi) is 1.65. The number of rotatable bonds is 0. The molecule has 2 nitrogen and oxygen atoms in total. The third-order valence-corrected chi connectivity index (χ3v) is 1.26. The second-order valence-corrected chi connectivity index (χ2v) is 1.90. The van der Waals surface area contributed by atoms with E-state index in [4.69, 9.17) is 23.2 Å². The average Bonchev–Trinajstić information content (AvgIpc) is 1.77. The monoisotopic (exact) mass is 147 g/mol. The molecule has 1 aromatic rings. The van der Waals surface area contributed by atoms with Gasteiger partial charge in [0, 0.05) is 0 Å². The minimum Gasteiger partial charge on any atom is -0.157 e. The largest absolute Gasteiger partial charge is 0.157 e. The molecular weight excluding hydrogens is 147 g/mol. The molecule has 1 heterocycles. The lowest BCUT2D eigenvalue weighted by atomic mass is 10.6. The van der Waals surface area contributed by atoms with Crippen molar-refractivity contribution in [2.45, 2.75) is 0 Å². The molecule has 0 aliphatic heterocycles. The molecule has 1 aromatic heterocycles. The molecule has 0 unspecified atom stereocenters. The van der Waals surface area contributed by atoms with Gasteiger partial charge < -0.3 is 0 Å². The lowest BCUT2D eigenvalue weighted by Gasteiger charge is -1.85. The van der Waals surface area contributed by atoms with Crippen LogP contribution in [0.15, 0.2) is 6.20 Å². The van der Waals surface area contributed by atoms with Crippen molar-refractivity contribution >= 4 is 23.2 Å². The molecule has 0 atom stereocenters. The third-order valence-electron chi connectivity index (χ3n) is 0.587. The van der Waals surface area contributed by atoms with Crippen LogP contribution in [0.2, 0.25) is 10.0 Å². The fourth-order valence-corrected chi connectivity index (χ4v) is 0.435. The minimum absolute atomic E-state index is 0.307. The van der Waals surface area contributed by atoms with E-state index in [1.165, 1.54) is 6.20 Å². The molecule has 0 fully saturated rings. The second-order valence-electron chi connectivity index (χ2n) is 1.12. The standard InChI is InChI=1S/C4HCl2N2/c5-3-1-7-8-2-4(3)6/h1H. The molecule has 41 valence electrons. The van der Waals surface area contributed by atoms with E-state index in [9.17, 15) is 0 Å². The molecule has 0 saturated heterocycles. The summed E-state index contributed by atoms with van der Waals surface area (Å²) in [7, 11) is 0. The van der Waals surface area contributed by atoms with Gasteiger partial charge in [0.1, 0.15) is 6.20 Å². The van der Waals surface area contributed by atoms with Crippen LogP contribution in [0, 0.1) is 6.20 Å². The highest BCUT2D eigenvalue weighted by atomic mass is 35.5. The van der Waals surface area contributed by atoms with Gasteiger partial charge in [0.15, 0.2) is 0 Å². The zero-order chi connectivity index (χ0) is 5.98. The van der Waals surface area contributed by atoms with E-state index in [-0.39, 0.29) is 0 Å². The maximum atomic E-state index is 5.44. The summed E-state index contributed by atoms with van der Waals surface area (Å²) in [5.74, 6) is 0. The number of hydrogen-bond donors (Lipinski definition) is 0. The Bertz CT molecular complexity index is 168. The Morgan fingerprint density at radius 2 is 2.25 bits per heavy atom. The molecule has 4 heteroatoms. The zero-order valence-electron chi connectivity index (χ0n) is 3.73. The van der Waals surface area contributed by atoms with E-state index >= 15 is 0 Å². The van der Waals surface area contributed by atoms with Crippen LogP contribution in [0.4, 0.5) is 0 Å². The van der Waals surface area contributed by atoms with Crippen LogP contribution >= 0.6 is 23.2 Å². The highest BCUT2D eigenvalue weighted by molar-refractivity contribution is 6.41. The molecule has 0 saturated carbocycles. The zero-order valence-corrected chi connectivity index (χ0v) is 5.24. The molecule has 8 heavy (non-hydrogen) atoms. The molecule has 0 aromatic carbocycles. The summed E-state index contributed by atoms with van der Waals surface area (Å²) in [6, 6.07) is 0. The first-order chi connectivity index (χ1) is 3.80. The van der Waals surface area contributed by atoms with Crippen molar-refractivity contribution in [3.05, 3.63) is 22.4 Å². The van der Waals surface area contributed by atoms with Crippen molar-refractivity contribution in [2.24, 2.45) is 0 Å². The van der Waals surface area contributed by atoms with Crippen molar-refractivity contribution in [3.63, 3.8) is 0 Å². The SMILES string of the molecule is Clc1[c]nncc1Cl. The van der Waals surface area contributed by atoms with E-state index in [2.05, 4.69) is 16.4 Å². The fourth-order valence-electron chi connectivity index (χ4n) is 0.262. The van der Waals surface area contributed by atoms with E-state index in [0.29, 0.717) is 10.0 Å². The van der Waals surface area contributed by atoms with Gasteiger partial charge in [-0.05, 0) is 0 Å². The fraction of sp³-hybridized carbons (Fsp3) is 0. The van der Waals surface area contributed by atoms with Crippen LogP contribution < -0.4 is 0 Å². The molecule has 1 rings (SSSR count). The predicted octanol–water partition coefficient (Wildman–Crippen LogP) is 1.58. The number of halogens is 2. The summed E-state index contributed by atoms with van der Waals surface area (Å²) >= 11 is 10.9. The Hall–Kier alpha value is -0.340. The Morgan fingerprint density at radius 1 is 1.50 bits per heavy atom. The maximum Gasteiger partial charge on any atom is 0.135 e. The lowest BCUT2D eigenvalue weighted by molar-refractivity contribution is 1.02. The molecule has 0 aliphatic rings. The van der Waals surface area contributed by atoms with Crippen molar-refractivity contribution in [3.8, 4) is 0 Å². The normalized spacial score (nSPS) is 9.25. The highest BCUT2D eigenvalue weighted by Crippen LogP contribution is 2.16. The minimum atomic E-state index is 0.307. The highest BCUT2D eigenvalue weighted by Gasteiger charge is 1.92. The van der Waals surface area contributed by atoms with Gasteiger partial charge >= 0.3 is 0 Å². The summed E-state index contributed by atoms with van der Waals surface area (Å²) in [4.78, 5) is 0. The summed E-state index contributed by atoms with van der Waals surface area (Å²) in [6.45, 7) is 0. The lowest BCUT2D eigenvalue weighted by Crippen LogP contribution is -1.77. The van der Waals surface area contributed by atoms with Crippen LogP contribution in [0.1, 0.15) is 0 Å². The van der Waals surface area contributed by atoms with Crippen molar-refractivity contribution in [1.82, 2.24) is 10.2 Å². The summed E-state index contributed by atoms with van der Waals surface area (Å²) in [6.07, 6.45) is 3.73. The van der Waals surface area contributed by atoms with Crippen LogP contribution in [0.3, 0.4) is 0 Å². The summed E-state index contributed by atoms with van der Waals surface area (Å²) < 4.78 is 0. The molecule has 0 N–H and O–H groups in total. The molecule has 0 spiro atoms. The molecule has 0 bridgehead atoms. The van der Waals surface area contributed by atoms with Crippen LogP contribution in [0.5, 0.6) is 0 Å². The van der Waals surface area contributed by atoms with Gasteiger partial charge in [0.2, 0.25) is 0 Å². The van der Waals surface area contributed by atoms with Gasteiger partial charge in [0.25, 0.3) is 0 Å². The maximum absolute atomic E-state index is 5.44. The van der Waals surface area contributed by atoms with Crippen LogP contribution in [-0.4, -0.2) is 10.2 Å². The van der Waals surface area contributed by atoms with Crippen molar-refractivity contribution < 1.29 is 0 Å². The van der Waals surface area contributed by atoms with Gasteiger partial charge in [-0.25, -0.2) is 0 Å². The first-order valence-corrected chi connectivity index (χ1v) is 2.60. The van der Waals surface area contributed by atoms with Gasteiger partial charge in [0.05, 0.1) is 16.2 Å². The average molecular weight is 148 g/mol. The second kappa shape index (κ2) is 2.29. The number of aromatic nitrogens is 2. The Morgan fingerprint density at radius 3 is 2.62 bits per heavy atom. The number of hydrogen-bond acceptors (Lipinski definition) is 2. The van der Waals surface area contributed by atoms with E-state index in [1.54, 1.807) is 0 Å². The quantitative estimate of drug-likeness (QED) is 0.558. The first kappa shape index (κ1) is 5.79. The summed E-state index contributed by atoms with van der Waals surface area (Å²) in [5.41, 5.74) is 0. The molecule has 0 amide bonds. The smallest absolute Gasteiger partial charge is 0.135 e. The first-order valence-electron chi connectivity index (χ1n) is 1.85. The van der Waals surface area contributed by atoms with E-state index in [1.807, 2.05) is 0 Å². The number of nitrogens with zero attached hydrogens (tertiary/aromatic N) is 2. The van der Waals surface area contributed by atoms with Crippen LogP contribution in [-0.2, 0) is 0 Å². The Balaban J connectivity index is 3.13. The van der Waals surface area contributed by atoms with E-state index < -0.39 is 0 Å². The third kappa shape index (κ3) is 1.08. The van der Waals surface area contributed by atoms with E-state index in [0.717, 1.165) is 0 Å². The van der Waals surface area contributed by atoms with Crippen molar-refractivity contribution in [2.75, 3.05) is 0 Å². The van der Waals surface area contributed by atoms with Gasteiger partial charge in [-0.1, -0.05) is 23.2 Å². The van der Waals surface area contributed by atoms with Gasteiger partial charge in [-0.15, -0.1) is 5.10 Å². The van der Waals surface area contributed by atoms with Gasteiger partial charge in [-0.3, -0.25) is 0 Å². The van der Waals surface area contributed by atoms with Gasteiger partial charge in [-0.2, -0.15) is 5.10 Å². The topological polar surface area (TPSA) is 25.8 Å². The summed E-state index contributed by atoms with van der Waals surface area (Å²) in [5, 5.41) is 7.46. The van der Waals surface area contributed by atoms with Crippen molar-refractivity contribution in [1.29, 1.82) is 0 Å².